The molecule has 0 radical (unpaired) electrons. The van der Waals surface area contributed by atoms with E-state index in [9.17, 15) is 14.7 Å². The van der Waals surface area contributed by atoms with Gasteiger partial charge in [-0.2, -0.15) is 0 Å². The number of ether oxygens (including phenoxy) is 1. The van der Waals surface area contributed by atoms with Gasteiger partial charge in [-0.05, 0) is 24.5 Å². The van der Waals surface area contributed by atoms with Crippen molar-refractivity contribution in [2.75, 3.05) is 6.61 Å². The number of carbonyl (C=O) groups excluding carboxylic acids is 1. The Morgan fingerprint density at radius 2 is 1.88 bits per heavy atom. The Bertz CT molecular complexity index is 835. The van der Waals surface area contributed by atoms with Crippen LogP contribution in [0.4, 0.5) is 0 Å². The first-order valence-electron chi connectivity index (χ1n) is 8.89. The predicted molar refractivity (Wildman–Crippen MR) is 96.1 cm³/mol. The van der Waals surface area contributed by atoms with Crippen molar-refractivity contribution in [1.82, 2.24) is 5.32 Å². The number of carboxylic acid groups (broad SMARTS) is 1. The van der Waals surface area contributed by atoms with Crippen LogP contribution in [0.15, 0.2) is 54.6 Å². The zero-order valence-corrected chi connectivity index (χ0v) is 14.4. The van der Waals surface area contributed by atoms with Crippen molar-refractivity contribution in [3.8, 4) is 5.75 Å². The molecule has 5 nitrogen and oxygen atoms in total. The number of benzene rings is 2. The summed E-state index contributed by atoms with van der Waals surface area (Å²) >= 11 is 0. The molecular weight excluding hydrogens is 330 g/mol. The highest BCUT2D eigenvalue weighted by Crippen LogP contribution is 2.60. The second-order valence-corrected chi connectivity index (χ2v) is 7.10. The van der Waals surface area contributed by atoms with Crippen LogP contribution < -0.4 is 10.1 Å². The molecule has 2 aromatic carbocycles. The fourth-order valence-corrected chi connectivity index (χ4v) is 4.03. The lowest BCUT2D eigenvalue weighted by atomic mass is 9.87. The lowest BCUT2D eigenvalue weighted by Crippen LogP contribution is -2.44. The molecule has 3 atom stereocenters. The minimum atomic E-state index is -1.01. The lowest BCUT2D eigenvalue weighted by Gasteiger charge is -2.27. The second-order valence-electron chi connectivity index (χ2n) is 7.10. The van der Waals surface area contributed by atoms with Crippen molar-refractivity contribution in [3.63, 3.8) is 0 Å². The number of aliphatic carboxylic acids is 1. The molecule has 0 bridgehead atoms. The van der Waals surface area contributed by atoms with Gasteiger partial charge in [-0.1, -0.05) is 48.5 Å². The second kappa shape index (κ2) is 6.48. The minimum Gasteiger partial charge on any atom is -0.493 e. The molecule has 1 fully saturated rings. The molecule has 4 rings (SSSR count). The minimum absolute atomic E-state index is 0.176. The van der Waals surface area contributed by atoms with Gasteiger partial charge in [0.2, 0.25) is 5.91 Å². The Morgan fingerprint density at radius 1 is 1.15 bits per heavy atom. The zero-order valence-electron chi connectivity index (χ0n) is 14.4. The quantitative estimate of drug-likeness (QED) is 0.868. The molecule has 1 amide bonds. The van der Waals surface area contributed by atoms with Crippen LogP contribution in [-0.4, -0.2) is 29.6 Å². The largest absolute Gasteiger partial charge is 0.493 e. The van der Waals surface area contributed by atoms with E-state index in [0.29, 0.717) is 6.61 Å². The summed E-state index contributed by atoms with van der Waals surface area (Å²) in [6, 6.07) is 16.3. The van der Waals surface area contributed by atoms with Crippen LogP contribution >= 0.6 is 0 Å². The summed E-state index contributed by atoms with van der Waals surface area (Å²) in [7, 11) is 0. The molecule has 1 saturated carbocycles. The van der Waals surface area contributed by atoms with Crippen molar-refractivity contribution in [2.45, 2.75) is 30.7 Å². The normalized spacial score (nSPS) is 24.2. The Balaban J connectivity index is 1.48. The first-order chi connectivity index (χ1) is 12.6. The summed E-state index contributed by atoms with van der Waals surface area (Å²) < 4.78 is 5.70. The van der Waals surface area contributed by atoms with E-state index in [2.05, 4.69) is 5.32 Å². The predicted octanol–water partition coefficient (Wildman–Crippen LogP) is 2.54. The van der Waals surface area contributed by atoms with Gasteiger partial charge in [0, 0.05) is 23.3 Å². The number of amides is 1. The number of carboxylic acids is 1. The molecule has 1 aliphatic heterocycles. The Morgan fingerprint density at radius 3 is 2.65 bits per heavy atom. The topological polar surface area (TPSA) is 75.6 Å². The van der Waals surface area contributed by atoms with Crippen LogP contribution in [-0.2, 0) is 21.4 Å². The molecule has 2 N–H and O–H groups in total. The molecule has 1 heterocycles. The number of para-hydroxylation sites is 1. The first kappa shape index (κ1) is 16.6. The van der Waals surface area contributed by atoms with E-state index in [1.165, 1.54) is 0 Å². The molecule has 26 heavy (non-hydrogen) atoms. The maximum absolute atomic E-state index is 12.8. The van der Waals surface area contributed by atoms with Gasteiger partial charge in [-0.15, -0.1) is 0 Å². The molecule has 2 aromatic rings. The third kappa shape index (κ3) is 2.94. The van der Waals surface area contributed by atoms with E-state index in [4.69, 9.17) is 4.74 Å². The Kier molecular flexibility index (Phi) is 4.15. The van der Waals surface area contributed by atoms with E-state index in [1.807, 2.05) is 54.6 Å². The third-order valence-electron chi connectivity index (χ3n) is 5.52. The van der Waals surface area contributed by atoms with Gasteiger partial charge in [0.15, 0.2) is 0 Å². The number of carbonyl (C=O) groups is 2. The SMILES string of the molecule is O=C(O)[C@H](Cc1ccccc1)NC(=O)[C@@H]1C[C@]12CCOc1ccccc12. The summed E-state index contributed by atoms with van der Waals surface area (Å²) in [6.45, 7) is 0.590. The average Bonchev–Trinajstić information content (AvgIpc) is 3.37. The zero-order chi connectivity index (χ0) is 18.1. The number of hydrogen-bond acceptors (Lipinski definition) is 3. The van der Waals surface area contributed by atoms with Crippen LogP contribution in [0.5, 0.6) is 5.75 Å². The van der Waals surface area contributed by atoms with Crippen LogP contribution in [0.3, 0.4) is 0 Å². The Hall–Kier alpha value is -2.82. The van der Waals surface area contributed by atoms with Gasteiger partial charge in [0.1, 0.15) is 11.8 Å². The number of rotatable bonds is 5. The fourth-order valence-electron chi connectivity index (χ4n) is 4.03. The van der Waals surface area contributed by atoms with Crippen molar-refractivity contribution >= 4 is 11.9 Å². The first-order valence-corrected chi connectivity index (χ1v) is 8.89. The van der Waals surface area contributed by atoms with Gasteiger partial charge in [-0.3, -0.25) is 4.79 Å². The van der Waals surface area contributed by atoms with E-state index >= 15 is 0 Å². The van der Waals surface area contributed by atoms with Crippen molar-refractivity contribution in [1.29, 1.82) is 0 Å². The Labute approximate surface area is 152 Å². The van der Waals surface area contributed by atoms with Gasteiger partial charge in [-0.25, -0.2) is 4.79 Å². The molecule has 0 aromatic heterocycles. The third-order valence-corrected chi connectivity index (χ3v) is 5.52. The molecule has 5 heteroatoms. The van der Waals surface area contributed by atoms with E-state index in [-0.39, 0.29) is 23.7 Å². The molecule has 1 aliphatic carbocycles. The number of nitrogens with one attached hydrogen (secondary N) is 1. The molecule has 1 spiro atoms. The molecule has 134 valence electrons. The van der Waals surface area contributed by atoms with Crippen LogP contribution in [0.1, 0.15) is 24.0 Å². The van der Waals surface area contributed by atoms with Crippen LogP contribution in [0.2, 0.25) is 0 Å². The van der Waals surface area contributed by atoms with Gasteiger partial charge in [0.05, 0.1) is 6.61 Å². The standard InChI is InChI=1S/C21H21NO4/c23-19(22-17(20(24)25)12-14-6-2-1-3-7-14)16-13-21(16)10-11-26-18-9-5-4-8-15(18)21/h1-9,16-17H,10-13H2,(H,22,23)(H,24,25)/t16-,17-,21-/m0/s1. The summed E-state index contributed by atoms with van der Waals surface area (Å²) in [4.78, 5) is 24.4. The number of fused-ring (bicyclic) bond motifs is 2. The summed E-state index contributed by atoms with van der Waals surface area (Å²) in [6.07, 6.45) is 1.82. The maximum Gasteiger partial charge on any atom is 0.326 e. The summed E-state index contributed by atoms with van der Waals surface area (Å²) in [5.74, 6) is -0.535. The average molecular weight is 351 g/mol. The fraction of sp³-hybridized carbons (Fsp3) is 0.333. The maximum atomic E-state index is 12.8. The van der Waals surface area contributed by atoms with E-state index < -0.39 is 12.0 Å². The molecular formula is C21H21NO4. The summed E-state index contributed by atoms with van der Waals surface area (Å²) in [5.41, 5.74) is 1.76. The van der Waals surface area contributed by atoms with E-state index in [1.54, 1.807) is 0 Å². The number of hydrogen-bond donors (Lipinski definition) is 2. The van der Waals surface area contributed by atoms with Gasteiger partial charge < -0.3 is 15.2 Å². The summed E-state index contributed by atoms with van der Waals surface area (Å²) in [5, 5.41) is 12.3. The highest BCUT2D eigenvalue weighted by atomic mass is 16.5. The lowest BCUT2D eigenvalue weighted by molar-refractivity contribution is -0.142. The monoisotopic (exact) mass is 351 g/mol. The smallest absolute Gasteiger partial charge is 0.326 e. The van der Waals surface area contributed by atoms with Gasteiger partial charge in [0.25, 0.3) is 0 Å². The molecule has 0 unspecified atom stereocenters. The van der Waals surface area contributed by atoms with Gasteiger partial charge >= 0.3 is 5.97 Å². The van der Waals surface area contributed by atoms with Crippen molar-refractivity contribution in [3.05, 3.63) is 65.7 Å². The van der Waals surface area contributed by atoms with Crippen molar-refractivity contribution < 1.29 is 19.4 Å². The van der Waals surface area contributed by atoms with Crippen LogP contribution in [0, 0.1) is 5.92 Å². The highest BCUT2D eigenvalue weighted by molar-refractivity contribution is 5.89. The molecule has 0 saturated heterocycles. The van der Waals surface area contributed by atoms with Crippen molar-refractivity contribution in [2.24, 2.45) is 5.92 Å². The van der Waals surface area contributed by atoms with Crippen LogP contribution in [0.25, 0.3) is 0 Å². The highest BCUT2D eigenvalue weighted by Gasteiger charge is 2.61. The molecule has 2 aliphatic rings. The van der Waals surface area contributed by atoms with E-state index in [0.717, 1.165) is 29.7 Å².